The van der Waals surface area contributed by atoms with Crippen LogP contribution in [0.2, 0.25) is 0 Å². The lowest BCUT2D eigenvalue weighted by molar-refractivity contribution is 0.0302. The number of ether oxygens (including phenoxy) is 1. The van der Waals surface area contributed by atoms with Crippen LogP contribution in [0.1, 0.15) is 21.6 Å². The van der Waals surface area contributed by atoms with Gasteiger partial charge in [0.1, 0.15) is 0 Å². The van der Waals surface area contributed by atoms with Crippen molar-refractivity contribution < 1.29 is 9.53 Å². The lowest BCUT2D eigenvalue weighted by atomic mass is 10.2. The topological polar surface area (TPSA) is 47.4 Å². The first-order chi connectivity index (χ1) is 10.2. The largest absolute Gasteiger partial charge is 0.378 e. The summed E-state index contributed by atoms with van der Waals surface area (Å²) in [5.41, 5.74) is 3.69. The Balaban J connectivity index is 1.92. The lowest BCUT2D eigenvalue weighted by Gasteiger charge is -2.26. The zero-order valence-corrected chi connectivity index (χ0v) is 12.4. The number of morpholine rings is 1. The fourth-order valence-electron chi connectivity index (χ4n) is 2.60. The smallest absolute Gasteiger partial charge is 0.257 e. The molecular formula is C16H19N3O2. The highest BCUT2D eigenvalue weighted by molar-refractivity contribution is 5.95. The minimum absolute atomic E-state index is 0.0376. The average Bonchev–Trinajstić information content (AvgIpc) is 2.89. The maximum atomic E-state index is 12.6. The summed E-state index contributed by atoms with van der Waals surface area (Å²) in [5, 5.41) is 4.40. The van der Waals surface area contributed by atoms with E-state index in [2.05, 4.69) is 5.10 Å². The molecule has 1 fully saturated rings. The number of aryl methyl sites for hydroxylation is 1. The van der Waals surface area contributed by atoms with Crippen molar-refractivity contribution in [1.82, 2.24) is 14.7 Å². The molecule has 21 heavy (non-hydrogen) atoms. The summed E-state index contributed by atoms with van der Waals surface area (Å²) in [7, 11) is 0. The molecule has 1 aliphatic rings. The monoisotopic (exact) mass is 285 g/mol. The second-order valence-electron chi connectivity index (χ2n) is 5.25. The molecule has 1 amide bonds. The van der Waals surface area contributed by atoms with Gasteiger partial charge >= 0.3 is 0 Å². The van der Waals surface area contributed by atoms with Gasteiger partial charge in [0.2, 0.25) is 0 Å². The van der Waals surface area contributed by atoms with Crippen molar-refractivity contribution in [3.05, 3.63) is 47.3 Å². The van der Waals surface area contributed by atoms with Crippen LogP contribution in [-0.4, -0.2) is 46.9 Å². The van der Waals surface area contributed by atoms with Gasteiger partial charge in [0.25, 0.3) is 5.91 Å². The van der Waals surface area contributed by atoms with Crippen molar-refractivity contribution in [3.8, 4) is 5.69 Å². The molecule has 0 saturated carbocycles. The predicted molar refractivity (Wildman–Crippen MR) is 79.8 cm³/mol. The van der Waals surface area contributed by atoms with Gasteiger partial charge in [0.15, 0.2) is 0 Å². The van der Waals surface area contributed by atoms with E-state index >= 15 is 0 Å². The summed E-state index contributed by atoms with van der Waals surface area (Å²) >= 11 is 0. The number of rotatable bonds is 2. The van der Waals surface area contributed by atoms with E-state index in [1.54, 1.807) is 6.20 Å². The highest BCUT2D eigenvalue weighted by atomic mass is 16.5. The molecule has 2 heterocycles. The maximum absolute atomic E-state index is 12.6. The van der Waals surface area contributed by atoms with Crippen LogP contribution in [0.15, 0.2) is 30.5 Å². The summed E-state index contributed by atoms with van der Waals surface area (Å²) in [6.45, 7) is 6.49. The molecule has 5 heteroatoms. The van der Waals surface area contributed by atoms with Crippen molar-refractivity contribution in [2.24, 2.45) is 0 Å². The Morgan fingerprint density at radius 2 is 1.90 bits per heavy atom. The SMILES string of the molecule is Cc1ccccc1-n1ncc(C(=O)N2CCOCC2)c1C. The minimum atomic E-state index is 0.0376. The van der Waals surface area contributed by atoms with E-state index in [0.717, 1.165) is 16.9 Å². The number of nitrogens with zero attached hydrogens (tertiary/aromatic N) is 3. The Morgan fingerprint density at radius 3 is 2.62 bits per heavy atom. The third kappa shape index (κ3) is 2.56. The molecule has 1 saturated heterocycles. The number of amides is 1. The zero-order valence-electron chi connectivity index (χ0n) is 12.4. The molecule has 3 rings (SSSR count). The van der Waals surface area contributed by atoms with Gasteiger partial charge in [-0.1, -0.05) is 18.2 Å². The summed E-state index contributed by atoms with van der Waals surface area (Å²) in [4.78, 5) is 14.4. The fourth-order valence-corrected chi connectivity index (χ4v) is 2.60. The van der Waals surface area contributed by atoms with E-state index in [-0.39, 0.29) is 5.91 Å². The van der Waals surface area contributed by atoms with Crippen LogP contribution in [0.5, 0.6) is 0 Å². The van der Waals surface area contributed by atoms with Crippen molar-refractivity contribution in [2.75, 3.05) is 26.3 Å². The van der Waals surface area contributed by atoms with Crippen LogP contribution in [0.25, 0.3) is 5.69 Å². The molecule has 0 atom stereocenters. The molecule has 1 aromatic heterocycles. The van der Waals surface area contributed by atoms with Gasteiger partial charge in [-0.15, -0.1) is 0 Å². The predicted octanol–water partition coefficient (Wildman–Crippen LogP) is 1.96. The van der Waals surface area contributed by atoms with Crippen molar-refractivity contribution >= 4 is 5.91 Å². The van der Waals surface area contributed by atoms with Gasteiger partial charge in [-0.25, -0.2) is 4.68 Å². The third-order valence-electron chi connectivity index (χ3n) is 3.88. The summed E-state index contributed by atoms with van der Waals surface area (Å²) < 4.78 is 7.13. The first-order valence-corrected chi connectivity index (χ1v) is 7.16. The second-order valence-corrected chi connectivity index (χ2v) is 5.25. The summed E-state index contributed by atoms with van der Waals surface area (Å²) in [6.07, 6.45) is 1.67. The Kier molecular flexibility index (Phi) is 3.75. The number of para-hydroxylation sites is 1. The normalized spacial score (nSPS) is 15.2. The Labute approximate surface area is 124 Å². The average molecular weight is 285 g/mol. The van der Waals surface area contributed by atoms with Crippen molar-refractivity contribution in [3.63, 3.8) is 0 Å². The molecule has 1 aromatic carbocycles. The minimum Gasteiger partial charge on any atom is -0.378 e. The van der Waals surface area contributed by atoms with Gasteiger partial charge in [0, 0.05) is 13.1 Å². The van der Waals surface area contributed by atoms with Gasteiger partial charge in [-0.05, 0) is 25.5 Å². The Morgan fingerprint density at radius 1 is 1.19 bits per heavy atom. The maximum Gasteiger partial charge on any atom is 0.257 e. The standard InChI is InChI=1S/C16H19N3O2/c1-12-5-3-4-6-15(12)19-13(2)14(11-17-19)16(20)18-7-9-21-10-8-18/h3-6,11H,7-10H2,1-2H3. The number of benzene rings is 1. The molecule has 0 N–H and O–H groups in total. The molecule has 0 unspecified atom stereocenters. The third-order valence-corrected chi connectivity index (χ3v) is 3.88. The quantitative estimate of drug-likeness (QED) is 0.847. The molecule has 2 aromatic rings. The molecule has 1 aliphatic heterocycles. The van der Waals surface area contributed by atoms with Crippen molar-refractivity contribution in [2.45, 2.75) is 13.8 Å². The molecule has 0 bridgehead atoms. The van der Waals surface area contributed by atoms with E-state index in [4.69, 9.17) is 4.74 Å². The van der Waals surface area contributed by atoms with Gasteiger partial charge in [-0.3, -0.25) is 4.79 Å². The van der Waals surface area contributed by atoms with Crippen molar-refractivity contribution in [1.29, 1.82) is 0 Å². The van der Waals surface area contributed by atoms with Crippen LogP contribution in [0.3, 0.4) is 0 Å². The van der Waals surface area contributed by atoms with E-state index in [9.17, 15) is 4.79 Å². The first-order valence-electron chi connectivity index (χ1n) is 7.16. The first kappa shape index (κ1) is 13.8. The van der Waals surface area contributed by atoms with Crippen LogP contribution in [0, 0.1) is 13.8 Å². The number of hydrogen-bond acceptors (Lipinski definition) is 3. The van der Waals surface area contributed by atoms with E-state index in [1.165, 1.54) is 0 Å². The molecular weight excluding hydrogens is 266 g/mol. The highest BCUT2D eigenvalue weighted by Gasteiger charge is 2.22. The van der Waals surface area contributed by atoms with Crippen LogP contribution in [0.4, 0.5) is 0 Å². The van der Waals surface area contributed by atoms with Crippen LogP contribution < -0.4 is 0 Å². The lowest BCUT2D eigenvalue weighted by Crippen LogP contribution is -2.40. The molecule has 110 valence electrons. The van der Waals surface area contributed by atoms with Gasteiger partial charge in [0.05, 0.1) is 36.4 Å². The molecule has 0 aliphatic carbocycles. The number of carbonyl (C=O) groups excluding carboxylic acids is 1. The van der Waals surface area contributed by atoms with Gasteiger partial charge in [-0.2, -0.15) is 5.10 Å². The Bertz CT molecular complexity index is 657. The van der Waals surface area contributed by atoms with E-state index < -0.39 is 0 Å². The van der Waals surface area contributed by atoms with E-state index in [0.29, 0.717) is 31.9 Å². The summed E-state index contributed by atoms with van der Waals surface area (Å²) in [6, 6.07) is 8.03. The van der Waals surface area contributed by atoms with E-state index in [1.807, 2.05) is 47.7 Å². The number of carbonyl (C=O) groups is 1. The molecule has 0 spiro atoms. The number of aromatic nitrogens is 2. The second kappa shape index (κ2) is 5.69. The molecule has 0 radical (unpaired) electrons. The summed E-state index contributed by atoms with van der Waals surface area (Å²) in [5.74, 6) is 0.0376. The molecule has 5 nitrogen and oxygen atoms in total. The fraction of sp³-hybridized carbons (Fsp3) is 0.375. The Hall–Kier alpha value is -2.14. The van der Waals surface area contributed by atoms with Crippen LogP contribution >= 0.6 is 0 Å². The van der Waals surface area contributed by atoms with Gasteiger partial charge < -0.3 is 9.64 Å². The van der Waals surface area contributed by atoms with Crippen LogP contribution in [-0.2, 0) is 4.74 Å². The zero-order chi connectivity index (χ0) is 14.8. The number of hydrogen-bond donors (Lipinski definition) is 0. The highest BCUT2D eigenvalue weighted by Crippen LogP contribution is 2.19.